The van der Waals surface area contributed by atoms with Crippen LogP contribution in [0.3, 0.4) is 0 Å². The van der Waals surface area contributed by atoms with E-state index < -0.39 is 6.23 Å². The molecule has 0 heterocycles. The zero-order valence-corrected chi connectivity index (χ0v) is 14.0. The normalized spacial score (nSPS) is 12.3. The van der Waals surface area contributed by atoms with Crippen molar-refractivity contribution in [3.8, 4) is 5.75 Å². The van der Waals surface area contributed by atoms with E-state index in [0.717, 1.165) is 18.7 Å². The topological polar surface area (TPSA) is 82.8 Å². The van der Waals surface area contributed by atoms with Crippen LogP contribution < -0.4 is 15.8 Å². The number of carbonyl (C=O) groups is 1. The number of ether oxygens (including phenoxy) is 3. The van der Waals surface area contributed by atoms with E-state index in [2.05, 4.69) is 25.2 Å². The van der Waals surface area contributed by atoms with Gasteiger partial charge in [-0.05, 0) is 30.7 Å². The van der Waals surface area contributed by atoms with Crippen molar-refractivity contribution >= 4 is 6.29 Å². The van der Waals surface area contributed by atoms with Crippen molar-refractivity contribution in [3.63, 3.8) is 0 Å². The number of rotatable bonds is 13. The van der Waals surface area contributed by atoms with Crippen LogP contribution in [0.1, 0.15) is 19.4 Å². The van der Waals surface area contributed by atoms with Crippen LogP contribution in [0.15, 0.2) is 24.3 Å². The molecule has 0 aliphatic carbocycles. The van der Waals surface area contributed by atoms with Gasteiger partial charge in [0, 0.05) is 6.04 Å². The van der Waals surface area contributed by atoms with Crippen LogP contribution in [0.2, 0.25) is 0 Å². The minimum absolute atomic E-state index is 0.0769. The van der Waals surface area contributed by atoms with E-state index >= 15 is 0 Å². The van der Waals surface area contributed by atoms with Gasteiger partial charge in [0.1, 0.15) is 31.5 Å². The minimum Gasteiger partial charge on any atom is -0.489 e. The van der Waals surface area contributed by atoms with Crippen LogP contribution in [0, 0.1) is 0 Å². The molecule has 0 radical (unpaired) electrons. The van der Waals surface area contributed by atoms with Gasteiger partial charge in [-0.2, -0.15) is 0 Å². The number of benzene rings is 1. The standard InChI is InChI=1S/C17H28N2O4/c1-14(2)19-7-6-15-4-3-5-16(12-15)23-13-17(18)22-11-10-21-9-8-20/h3-5,8,12,14,17,19H,6-7,9-11,13,18H2,1-2H3. The van der Waals surface area contributed by atoms with Gasteiger partial charge in [0.25, 0.3) is 0 Å². The average molecular weight is 324 g/mol. The molecule has 130 valence electrons. The van der Waals surface area contributed by atoms with Crippen LogP contribution in [-0.2, 0) is 20.7 Å². The molecule has 0 bridgehead atoms. The highest BCUT2D eigenvalue weighted by molar-refractivity contribution is 5.50. The first-order valence-electron chi connectivity index (χ1n) is 7.95. The Morgan fingerprint density at radius 3 is 2.87 bits per heavy atom. The maximum atomic E-state index is 10.1. The van der Waals surface area contributed by atoms with Gasteiger partial charge in [-0.25, -0.2) is 0 Å². The fourth-order valence-corrected chi connectivity index (χ4v) is 1.91. The molecule has 0 saturated carbocycles. The van der Waals surface area contributed by atoms with E-state index in [0.29, 0.717) is 25.5 Å². The Bertz CT molecular complexity index is 440. The molecular formula is C17H28N2O4. The van der Waals surface area contributed by atoms with Crippen molar-refractivity contribution in [2.24, 2.45) is 5.73 Å². The van der Waals surface area contributed by atoms with E-state index in [4.69, 9.17) is 19.9 Å². The third-order valence-corrected chi connectivity index (χ3v) is 3.02. The quantitative estimate of drug-likeness (QED) is 0.321. The lowest BCUT2D eigenvalue weighted by Gasteiger charge is -2.15. The average Bonchev–Trinajstić information content (AvgIpc) is 2.53. The molecule has 23 heavy (non-hydrogen) atoms. The first kappa shape index (κ1) is 19.6. The molecule has 6 heteroatoms. The summed E-state index contributed by atoms with van der Waals surface area (Å²) in [7, 11) is 0. The fourth-order valence-electron chi connectivity index (χ4n) is 1.91. The van der Waals surface area contributed by atoms with Gasteiger partial charge in [-0.1, -0.05) is 26.0 Å². The zero-order valence-electron chi connectivity index (χ0n) is 14.0. The highest BCUT2D eigenvalue weighted by Crippen LogP contribution is 2.14. The third-order valence-electron chi connectivity index (χ3n) is 3.02. The predicted molar refractivity (Wildman–Crippen MR) is 89.6 cm³/mol. The second-order valence-corrected chi connectivity index (χ2v) is 5.47. The maximum absolute atomic E-state index is 10.1. The number of nitrogens with two attached hydrogens (primary N) is 1. The monoisotopic (exact) mass is 324 g/mol. The number of nitrogens with one attached hydrogen (secondary N) is 1. The molecule has 1 aromatic carbocycles. The molecule has 0 spiro atoms. The Labute approximate surface area is 138 Å². The Morgan fingerprint density at radius 2 is 2.13 bits per heavy atom. The van der Waals surface area contributed by atoms with Gasteiger partial charge < -0.3 is 30.1 Å². The lowest BCUT2D eigenvalue weighted by molar-refractivity contribution is -0.112. The number of hydrogen-bond donors (Lipinski definition) is 2. The van der Waals surface area contributed by atoms with E-state index in [-0.39, 0.29) is 13.2 Å². The second-order valence-electron chi connectivity index (χ2n) is 5.47. The molecule has 0 fully saturated rings. The summed E-state index contributed by atoms with van der Waals surface area (Å²) in [5.41, 5.74) is 7.02. The van der Waals surface area contributed by atoms with Crippen molar-refractivity contribution in [3.05, 3.63) is 29.8 Å². The predicted octanol–water partition coefficient (Wildman–Crippen LogP) is 1.12. The zero-order chi connectivity index (χ0) is 16.9. The van der Waals surface area contributed by atoms with Crippen molar-refractivity contribution in [1.29, 1.82) is 0 Å². The number of carbonyl (C=O) groups excluding carboxylic acids is 1. The highest BCUT2D eigenvalue weighted by atomic mass is 16.6. The van der Waals surface area contributed by atoms with Crippen LogP contribution in [0.4, 0.5) is 0 Å². The van der Waals surface area contributed by atoms with Crippen molar-refractivity contribution in [2.75, 3.05) is 33.0 Å². The Morgan fingerprint density at radius 1 is 1.30 bits per heavy atom. The number of hydrogen-bond acceptors (Lipinski definition) is 6. The highest BCUT2D eigenvalue weighted by Gasteiger charge is 2.05. The summed E-state index contributed by atoms with van der Waals surface area (Å²) in [5.74, 6) is 0.781. The van der Waals surface area contributed by atoms with Crippen molar-refractivity contribution in [1.82, 2.24) is 5.32 Å². The third kappa shape index (κ3) is 10.0. The maximum Gasteiger partial charge on any atom is 0.145 e. The summed E-state index contributed by atoms with van der Waals surface area (Å²) in [4.78, 5) is 10.1. The van der Waals surface area contributed by atoms with Gasteiger partial charge >= 0.3 is 0 Å². The van der Waals surface area contributed by atoms with Crippen LogP contribution in [0.5, 0.6) is 5.75 Å². The molecule has 0 aliphatic heterocycles. The van der Waals surface area contributed by atoms with E-state index in [9.17, 15) is 4.79 Å². The summed E-state index contributed by atoms with van der Waals surface area (Å²) >= 11 is 0. The van der Waals surface area contributed by atoms with E-state index in [1.54, 1.807) is 0 Å². The largest absolute Gasteiger partial charge is 0.489 e. The Hall–Kier alpha value is -1.47. The first-order valence-corrected chi connectivity index (χ1v) is 7.95. The minimum atomic E-state index is -0.527. The summed E-state index contributed by atoms with van der Waals surface area (Å²) in [6.07, 6.45) is 1.12. The van der Waals surface area contributed by atoms with Gasteiger partial charge in [-0.15, -0.1) is 0 Å². The van der Waals surface area contributed by atoms with Crippen molar-refractivity contribution < 1.29 is 19.0 Å². The summed E-state index contributed by atoms with van der Waals surface area (Å²) in [6, 6.07) is 8.46. The first-order chi connectivity index (χ1) is 11.1. The summed E-state index contributed by atoms with van der Waals surface area (Å²) < 4.78 is 16.0. The molecule has 0 aromatic heterocycles. The molecule has 1 atom stereocenters. The SMILES string of the molecule is CC(C)NCCc1cccc(OCC(N)OCCOCC=O)c1. The van der Waals surface area contributed by atoms with Gasteiger partial charge in [0.2, 0.25) is 0 Å². The molecule has 1 unspecified atom stereocenters. The fraction of sp³-hybridized carbons (Fsp3) is 0.588. The van der Waals surface area contributed by atoms with Gasteiger partial charge in [0.05, 0.1) is 13.2 Å². The van der Waals surface area contributed by atoms with Crippen LogP contribution >= 0.6 is 0 Å². The molecule has 0 saturated heterocycles. The van der Waals surface area contributed by atoms with E-state index in [1.807, 2.05) is 18.2 Å². The Kier molecular flexibility index (Phi) is 10.2. The molecule has 1 rings (SSSR count). The lowest BCUT2D eigenvalue weighted by Crippen LogP contribution is -2.32. The summed E-state index contributed by atoms with van der Waals surface area (Å²) in [6.45, 7) is 6.21. The molecule has 1 aromatic rings. The lowest BCUT2D eigenvalue weighted by atomic mass is 10.1. The molecule has 0 amide bonds. The Balaban J connectivity index is 2.24. The second kappa shape index (κ2) is 12.0. The molecule has 6 nitrogen and oxygen atoms in total. The molecule has 0 aliphatic rings. The summed E-state index contributed by atoms with van der Waals surface area (Å²) in [5, 5.41) is 3.39. The van der Waals surface area contributed by atoms with Crippen LogP contribution in [-0.4, -0.2) is 51.5 Å². The molecular weight excluding hydrogens is 296 g/mol. The smallest absolute Gasteiger partial charge is 0.145 e. The van der Waals surface area contributed by atoms with Gasteiger partial charge in [0.15, 0.2) is 0 Å². The van der Waals surface area contributed by atoms with Gasteiger partial charge in [-0.3, -0.25) is 0 Å². The van der Waals surface area contributed by atoms with Crippen molar-refractivity contribution in [2.45, 2.75) is 32.5 Å². The van der Waals surface area contributed by atoms with E-state index in [1.165, 1.54) is 5.56 Å². The number of aldehydes is 1. The molecule has 3 N–H and O–H groups in total. The van der Waals surface area contributed by atoms with Crippen LogP contribution in [0.25, 0.3) is 0 Å².